The van der Waals surface area contributed by atoms with Gasteiger partial charge in [0.2, 0.25) is 0 Å². The number of hydrogen-bond donors (Lipinski definition) is 3. The van der Waals surface area contributed by atoms with Crippen molar-refractivity contribution in [1.29, 1.82) is 0 Å². The van der Waals surface area contributed by atoms with Crippen LogP contribution in [0.25, 0.3) is 0 Å². The van der Waals surface area contributed by atoms with Crippen LogP contribution >= 0.6 is 23.4 Å². The summed E-state index contributed by atoms with van der Waals surface area (Å²) in [5, 5.41) is 5.16. The minimum Gasteiger partial charge on any atom is -0.383 e. The van der Waals surface area contributed by atoms with Crippen LogP contribution in [-0.4, -0.2) is 15.2 Å². The Morgan fingerprint density at radius 2 is 1.85 bits per heavy atom. The highest BCUT2D eigenvalue weighted by molar-refractivity contribution is 8.27. The van der Waals surface area contributed by atoms with Crippen molar-refractivity contribution < 1.29 is 26.3 Å². The molecule has 0 fully saturated rings. The van der Waals surface area contributed by atoms with Gasteiger partial charge in [0.15, 0.2) is 5.17 Å². The molecule has 1 aromatic heterocycles. The molecule has 3 rings (SSSR count). The van der Waals surface area contributed by atoms with Crippen LogP contribution in [0.15, 0.2) is 70.8 Å². The van der Waals surface area contributed by atoms with E-state index in [-0.39, 0.29) is 32.4 Å². The molecule has 0 radical (unpaired) electrons. The number of nitrogens with zero attached hydrogens (tertiary/aromatic N) is 3. The Bertz CT molecular complexity index is 1150. The smallest absolute Gasteiger partial charge is 0.383 e. The average Bonchev–Trinajstić information content (AvgIpc) is 3.11. The van der Waals surface area contributed by atoms with Crippen LogP contribution in [-0.2, 0) is 12.4 Å². The number of thioether (sulfide) groups is 1. The first-order valence-corrected chi connectivity index (χ1v) is 9.98. The van der Waals surface area contributed by atoms with E-state index in [0.29, 0.717) is 0 Å². The molecule has 1 aromatic carbocycles. The highest BCUT2D eigenvalue weighted by Crippen LogP contribution is 2.40. The Labute approximate surface area is 192 Å². The number of pyridine rings is 1. The predicted molar refractivity (Wildman–Crippen MR) is 117 cm³/mol. The molecular formula is C19H13ClF6N6S. The van der Waals surface area contributed by atoms with Crippen molar-refractivity contribution in [1.82, 2.24) is 4.98 Å². The summed E-state index contributed by atoms with van der Waals surface area (Å²) >= 11 is 6.81. The molecule has 6 nitrogen and oxygen atoms in total. The molecule has 1 aliphatic heterocycles. The van der Waals surface area contributed by atoms with Gasteiger partial charge < -0.3 is 16.4 Å². The van der Waals surface area contributed by atoms with E-state index >= 15 is 0 Å². The molecule has 0 unspecified atom stereocenters. The van der Waals surface area contributed by atoms with E-state index in [9.17, 15) is 26.3 Å². The van der Waals surface area contributed by atoms with E-state index in [4.69, 9.17) is 17.3 Å². The lowest BCUT2D eigenvalue weighted by Crippen LogP contribution is -2.15. The maximum Gasteiger partial charge on any atom is 0.433 e. The van der Waals surface area contributed by atoms with Crippen molar-refractivity contribution >= 4 is 44.9 Å². The molecule has 4 N–H and O–H groups in total. The summed E-state index contributed by atoms with van der Waals surface area (Å²) in [4.78, 5) is 11.5. The molecule has 0 aliphatic carbocycles. The fourth-order valence-electron chi connectivity index (χ4n) is 2.56. The number of aromatic nitrogens is 1. The molecule has 14 heteroatoms. The third-order valence-corrected chi connectivity index (χ3v) is 5.15. The number of nitrogens with two attached hydrogens (primary N) is 1. The minimum atomic E-state index is -4.68. The van der Waals surface area contributed by atoms with Crippen molar-refractivity contribution in [3.05, 3.63) is 77.1 Å². The van der Waals surface area contributed by atoms with E-state index in [2.05, 4.69) is 32.2 Å². The lowest BCUT2D eigenvalue weighted by Gasteiger charge is -2.15. The Morgan fingerprint density at radius 3 is 2.42 bits per heavy atom. The molecule has 0 saturated heterocycles. The SMILES string of the molecule is C=C/N=C1/SC(Nc2c(Cl)cccc2C(F)(F)F)=N/C1=C(/N)Nc1ccc(C(F)(F)F)nc1. The number of halogens is 7. The van der Waals surface area contributed by atoms with Crippen molar-refractivity contribution in [3.63, 3.8) is 0 Å². The zero-order valence-corrected chi connectivity index (χ0v) is 17.8. The van der Waals surface area contributed by atoms with E-state index in [1.54, 1.807) is 0 Å². The summed E-state index contributed by atoms with van der Waals surface area (Å²) in [7, 11) is 0. The second-order valence-electron chi connectivity index (χ2n) is 6.24. The first-order chi connectivity index (χ1) is 15.4. The van der Waals surface area contributed by atoms with Gasteiger partial charge in [0.1, 0.15) is 22.3 Å². The third-order valence-electron chi connectivity index (χ3n) is 3.96. The van der Waals surface area contributed by atoms with Gasteiger partial charge in [-0.25, -0.2) is 15.0 Å². The molecule has 0 saturated carbocycles. The summed E-state index contributed by atoms with van der Waals surface area (Å²) in [5.41, 5.74) is 3.65. The van der Waals surface area contributed by atoms with Gasteiger partial charge >= 0.3 is 12.4 Å². The number of aliphatic imine (C=N–C) groups is 2. The first-order valence-electron chi connectivity index (χ1n) is 8.78. The van der Waals surface area contributed by atoms with Crippen LogP contribution in [0.5, 0.6) is 0 Å². The van der Waals surface area contributed by atoms with Crippen LogP contribution in [0.4, 0.5) is 37.7 Å². The van der Waals surface area contributed by atoms with Crippen LogP contribution in [0.2, 0.25) is 5.02 Å². The fraction of sp³-hybridized carbons (Fsp3) is 0.105. The van der Waals surface area contributed by atoms with E-state index in [1.807, 2.05) is 0 Å². The number of rotatable bonds is 4. The minimum absolute atomic E-state index is 0.0144. The van der Waals surface area contributed by atoms with Crippen molar-refractivity contribution in [2.45, 2.75) is 12.4 Å². The van der Waals surface area contributed by atoms with Crippen LogP contribution in [0.3, 0.4) is 0 Å². The normalized spacial score (nSPS) is 17.1. The van der Waals surface area contributed by atoms with Gasteiger partial charge in [0, 0.05) is 6.20 Å². The second kappa shape index (κ2) is 9.35. The Balaban J connectivity index is 1.92. The quantitative estimate of drug-likeness (QED) is 0.438. The number of alkyl halides is 6. The maximum absolute atomic E-state index is 13.4. The molecular weight excluding hydrogens is 494 g/mol. The maximum atomic E-state index is 13.4. The standard InChI is InChI=1S/C19H13ClF6N6S/c1-2-28-16-14(15(27)30-9-6-7-12(29-8-9)19(24,25)26)32-17(33-16)31-13-10(18(21,22)23)4-3-5-11(13)20/h2-8,30H,1,27H2,(H,31,32)/b15-14-,28-16+. The fourth-order valence-corrected chi connectivity index (χ4v) is 3.63. The van der Waals surface area contributed by atoms with Crippen molar-refractivity contribution in [3.8, 4) is 0 Å². The van der Waals surface area contributed by atoms with Crippen LogP contribution < -0.4 is 16.4 Å². The first kappa shape index (κ1) is 24.5. The molecule has 174 valence electrons. The largest absolute Gasteiger partial charge is 0.433 e. The van der Waals surface area contributed by atoms with E-state index in [0.717, 1.165) is 42.2 Å². The van der Waals surface area contributed by atoms with Gasteiger partial charge in [-0.15, -0.1) is 0 Å². The number of nitrogens with one attached hydrogen (secondary N) is 2. The summed E-state index contributed by atoms with van der Waals surface area (Å²) in [6, 6.07) is 5.17. The lowest BCUT2D eigenvalue weighted by molar-refractivity contribution is -0.141. The van der Waals surface area contributed by atoms with E-state index in [1.165, 1.54) is 12.3 Å². The molecule has 0 atom stereocenters. The number of benzene rings is 1. The highest BCUT2D eigenvalue weighted by Gasteiger charge is 2.35. The Hall–Kier alpha value is -3.19. The van der Waals surface area contributed by atoms with Gasteiger partial charge in [-0.1, -0.05) is 24.2 Å². The zero-order chi connectivity index (χ0) is 24.4. The highest BCUT2D eigenvalue weighted by atomic mass is 35.5. The van der Waals surface area contributed by atoms with Crippen molar-refractivity contribution in [2.24, 2.45) is 15.7 Å². The molecule has 33 heavy (non-hydrogen) atoms. The molecule has 2 heterocycles. The second-order valence-corrected chi connectivity index (χ2v) is 7.62. The summed E-state index contributed by atoms with van der Waals surface area (Å²) in [5.74, 6) is -0.128. The van der Waals surface area contributed by atoms with Gasteiger partial charge in [0.05, 0.1) is 28.2 Å². The van der Waals surface area contributed by atoms with Crippen LogP contribution in [0.1, 0.15) is 11.3 Å². The Morgan fingerprint density at radius 1 is 1.12 bits per heavy atom. The molecule has 0 spiro atoms. The predicted octanol–water partition coefficient (Wildman–Crippen LogP) is 6.07. The Kier molecular flexibility index (Phi) is 6.93. The number of hydrogen-bond acceptors (Lipinski definition) is 7. The number of para-hydroxylation sites is 1. The van der Waals surface area contributed by atoms with Gasteiger partial charge in [-0.05, 0) is 36.0 Å². The molecule has 0 amide bonds. The third kappa shape index (κ3) is 5.79. The molecule has 0 bridgehead atoms. The topological polar surface area (TPSA) is 87.7 Å². The van der Waals surface area contributed by atoms with Crippen LogP contribution in [0, 0.1) is 0 Å². The lowest BCUT2D eigenvalue weighted by atomic mass is 10.1. The van der Waals surface area contributed by atoms with Gasteiger partial charge in [0.25, 0.3) is 0 Å². The summed E-state index contributed by atoms with van der Waals surface area (Å²) < 4.78 is 78.1. The van der Waals surface area contributed by atoms with Gasteiger partial charge in [-0.2, -0.15) is 26.3 Å². The molecule has 2 aromatic rings. The summed E-state index contributed by atoms with van der Waals surface area (Å²) in [6.07, 6.45) is -7.19. The summed E-state index contributed by atoms with van der Waals surface area (Å²) in [6.45, 7) is 3.46. The monoisotopic (exact) mass is 506 g/mol. The number of amidine groups is 1. The zero-order valence-electron chi connectivity index (χ0n) is 16.2. The van der Waals surface area contributed by atoms with E-state index < -0.39 is 29.3 Å². The average molecular weight is 507 g/mol. The van der Waals surface area contributed by atoms with Crippen molar-refractivity contribution in [2.75, 3.05) is 10.6 Å². The molecule has 1 aliphatic rings. The van der Waals surface area contributed by atoms with Gasteiger partial charge in [-0.3, -0.25) is 0 Å². The number of anilines is 2.